The van der Waals surface area contributed by atoms with Crippen molar-refractivity contribution in [2.24, 2.45) is 0 Å². The van der Waals surface area contributed by atoms with E-state index >= 15 is 0 Å². The summed E-state index contributed by atoms with van der Waals surface area (Å²) in [6, 6.07) is 19.6. The van der Waals surface area contributed by atoms with E-state index in [1.165, 1.54) is 31.8 Å². The van der Waals surface area contributed by atoms with Crippen molar-refractivity contribution in [3.05, 3.63) is 65.5 Å². The summed E-state index contributed by atoms with van der Waals surface area (Å²) >= 11 is 1.86. The van der Waals surface area contributed by atoms with Crippen LogP contribution in [0.3, 0.4) is 0 Å². The molecule has 1 aromatic rings. The fraction of sp³-hybridized carbons (Fsp3) is 0.167. The quantitative estimate of drug-likeness (QED) is 0.595. The summed E-state index contributed by atoms with van der Waals surface area (Å²) in [6.45, 7) is 2.19. The lowest BCUT2D eigenvalue weighted by Gasteiger charge is -2.11. The maximum Gasteiger partial charge on any atom is 0.200 e. The van der Waals surface area contributed by atoms with Gasteiger partial charge in [-0.3, -0.25) is 0 Å². The molecule has 0 bridgehead atoms. The van der Waals surface area contributed by atoms with Crippen LogP contribution in [0.15, 0.2) is 54.6 Å². The molecular weight excluding hydrogens is 262 g/mol. The van der Waals surface area contributed by atoms with E-state index in [0.717, 1.165) is 0 Å². The van der Waals surface area contributed by atoms with Crippen LogP contribution in [0.1, 0.15) is 5.56 Å². The van der Waals surface area contributed by atoms with Crippen molar-refractivity contribution in [3.63, 3.8) is 0 Å². The number of aryl methyl sites for hydroxylation is 1. The highest BCUT2D eigenvalue weighted by Gasteiger charge is 2.10. The molecule has 100 valence electrons. The Morgan fingerprint density at radius 2 is 1.60 bits per heavy atom. The van der Waals surface area contributed by atoms with Crippen LogP contribution in [-0.4, -0.2) is 14.1 Å². The van der Waals surface area contributed by atoms with Crippen LogP contribution in [-0.2, 0) is 0 Å². The third kappa shape index (κ3) is 2.39. The summed E-state index contributed by atoms with van der Waals surface area (Å²) in [5, 5.41) is 1.25. The zero-order valence-electron chi connectivity index (χ0n) is 12.1. The molecule has 2 aliphatic rings. The number of benzene rings is 2. The second-order valence-electron chi connectivity index (χ2n) is 5.23. The minimum absolute atomic E-state index is 1.25. The minimum atomic E-state index is 1.25. The Morgan fingerprint density at radius 3 is 2.30 bits per heavy atom. The number of hydrogen-bond acceptors (Lipinski definition) is 1. The summed E-state index contributed by atoms with van der Waals surface area (Å²) < 4.78 is 2.15. The summed E-state index contributed by atoms with van der Waals surface area (Å²) in [6.07, 6.45) is 0. The van der Waals surface area contributed by atoms with E-state index in [9.17, 15) is 0 Å². The monoisotopic (exact) mass is 280 g/mol. The number of rotatable bonds is 1. The first-order chi connectivity index (χ1) is 9.65. The molecule has 1 heterocycles. The van der Waals surface area contributed by atoms with Crippen LogP contribution in [0.2, 0.25) is 0 Å². The maximum atomic E-state index is 2.29. The third-order valence-electron chi connectivity index (χ3n) is 3.53. The van der Waals surface area contributed by atoms with Gasteiger partial charge in [-0.25, -0.2) is 4.58 Å². The van der Waals surface area contributed by atoms with Gasteiger partial charge >= 0.3 is 0 Å². The van der Waals surface area contributed by atoms with Crippen molar-refractivity contribution >= 4 is 11.3 Å². The standard InChI is InChI=1S/C18H18NS/c1-13-11-17(14-7-5-4-6-8-14)20-18-12-15(19(2)3)9-10-16(13)18/h4-12H,1-3H3/q+1. The molecule has 0 unspecified atom stereocenters. The fourth-order valence-electron chi connectivity index (χ4n) is 2.37. The van der Waals surface area contributed by atoms with Crippen LogP contribution in [0.5, 0.6) is 0 Å². The second-order valence-corrected chi connectivity index (χ2v) is 6.32. The lowest BCUT2D eigenvalue weighted by atomic mass is 10.1. The lowest BCUT2D eigenvalue weighted by molar-refractivity contribution is 0.814. The number of fused-ring (bicyclic) bond motifs is 1. The molecule has 0 saturated carbocycles. The van der Waals surface area contributed by atoms with Crippen LogP contribution in [0.25, 0.3) is 20.9 Å². The Labute approximate surface area is 123 Å². The first-order valence-corrected chi connectivity index (χ1v) is 7.57. The predicted molar refractivity (Wildman–Crippen MR) is 88.2 cm³/mol. The van der Waals surface area contributed by atoms with E-state index in [-0.39, 0.29) is 0 Å². The van der Waals surface area contributed by atoms with Crippen molar-refractivity contribution < 1.29 is 0 Å². The molecular formula is C18H18NS+. The maximum absolute atomic E-state index is 2.29. The summed E-state index contributed by atoms with van der Waals surface area (Å²) in [4.78, 5) is 2.67. The third-order valence-corrected chi connectivity index (χ3v) is 4.66. The Kier molecular flexibility index (Phi) is 3.41. The van der Waals surface area contributed by atoms with E-state index in [1.54, 1.807) is 0 Å². The molecule has 0 aromatic heterocycles. The van der Waals surface area contributed by atoms with Crippen molar-refractivity contribution in [3.8, 4) is 20.9 Å². The zero-order valence-corrected chi connectivity index (χ0v) is 12.9. The van der Waals surface area contributed by atoms with Crippen LogP contribution < -0.4 is 9.93 Å². The van der Waals surface area contributed by atoms with Gasteiger partial charge in [-0.15, -0.1) is 11.3 Å². The van der Waals surface area contributed by atoms with Gasteiger partial charge in [0.1, 0.15) is 14.1 Å². The summed E-state index contributed by atoms with van der Waals surface area (Å²) in [7, 11) is 4.17. The Hall–Kier alpha value is -1.93. The minimum Gasteiger partial charge on any atom is -0.235 e. The molecule has 0 N–H and O–H groups in total. The van der Waals surface area contributed by atoms with Gasteiger partial charge in [0.2, 0.25) is 5.36 Å². The van der Waals surface area contributed by atoms with Gasteiger partial charge in [0.15, 0.2) is 0 Å². The molecule has 1 aliphatic carbocycles. The molecule has 20 heavy (non-hydrogen) atoms. The number of hydrogen-bond donors (Lipinski definition) is 0. The average Bonchev–Trinajstić information content (AvgIpc) is 2.47. The highest BCUT2D eigenvalue weighted by molar-refractivity contribution is 7.18. The Bertz CT molecular complexity index is 780. The fourth-order valence-corrected chi connectivity index (χ4v) is 3.61. The molecule has 0 atom stereocenters. The van der Waals surface area contributed by atoms with Crippen molar-refractivity contribution in [2.75, 3.05) is 14.1 Å². The summed E-state index contributed by atoms with van der Waals surface area (Å²) in [5.74, 6) is 0. The van der Waals surface area contributed by atoms with Gasteiger partial charge in [0.25, 0.3) is 0 Å². The molecule has 0 spiro atoms. The first kappa shape index (κ1) is 13.1. The molecule has 1 nitrogen and oxygen atoms in total. The van der Waals surface area contributed by atoms with Gasteiger partial charge in [0, 0.05) is 21.9 Å². The van der Waals surface area contributed by atoms with Crippen LogP contribution in [0.4, 0.5) is 0 Å². The molecule has 1 aromatic carbocycles. The topological polar surface area (TPSA) is 3.01 Å². The van der Waals surface area contributed by atoms with Crippen molar-refractivity contribution in [1.82, 2.24) is 4.58 Å². The highest BCUT2D eigenvalue weighted by atomic mass is 32.1. The van der Waals surface area contributed by atoms with Gasteiger partial charge in [-0.05, 0) is 35.7 Å². The van der Waals surface area contributed by atoms with Gasteiger partial charge in [-0.1, -0.05) is 30.3 Å². The largest absolute Gasteiger partial charge is 0.235 e. The van der Waals surface area contributed by atoms with Gasteiger partial charge in [-0.2, -0.15) is 0 Å². The first-order valence-electron chi connectivity index (χ1n) is 6.75. The molecule has 0 amide bonds. The normalized spacial score (nSPS) is 10.8. The van der Waals surface area contributed by atoms with Crippen LogP contribution in [0, 0.1) is 6.92 Å². The molecule has 2 heteroatoms. The predicted octanol–water partition coefficient (Wildman–Crippen LogP) is 3.86. The zero-order chi connectivity index (χ0) is 14.1. The molecule has 1 aliphatic heterocycles. The highest BCUT2D eigenvalue weighted by Crippen LogP contribution is 2.35. The van der Waals surface area contributed by atoms with Crippen molar-refractivity contribution in [2.45, 2.75) is 6.92 Å². The van der Waals surface area contributed by atoms with E-state index < -0.39 is 0 Å². The Balaban J connectivity index is 2.28. The van der Waals surface area contributed by atoms with E-state index in [2.05, 4.69) is 80.2 Å². The molecule has 0 saturated heterocycles. The van der Waals surface area contributed by atoms with Crippen LogP contribution >= 0.6 is 11.3 Å². The average molecular weight is 280 g/mol. The summed E-state index contributed by atoms with van der Waals surface area (Å²) in [5.41, 5.74) is 3.97. The van der Waals surface area contributed by atoms with E-state index in [0.29, 0.717) is 0 Å². The lowest BCUT2D eigenvalue weighted by Crippen LogP contribution is -2.21. The molecule has 0 fully saturated rings. The SMILES string of the molecule is Cc1cc(-c2ccccc2)sc2cc(=[N+](C)C)ccc1-2. The molecule has 0 radical (unpaired) electrons. The second kappa shape index (κ2) is 5.22. The van der Waals surface area contributed by atoms with E-state index in [4.69, 9.17) is 0 Å². The van der Waals surface area contributed by atoms with E-state index in [1.807, 2.05) is 11.3 Å². The van der Waals surface area contributed by atoms with Gasteiger partial charge < -0.3 is 0 Å². The van der Waals surface area contributed by atoms with Gasteiger partial charge in [0.05, 0.1) is 0 Å². The molecule has 3 rings (SSSR count). The number of nitrogens with zero attached hydrogens (tertiary/aromatic N) is 1. The Morgan fingerprint density at radius 1 is 0.850 bits per heavy atom. The van der Waals surface area contributed by atoms with Crippen molar-refractivity contribution in [1.29, 1.82) is 0 Å². The smallest absolute Gasteiger partial charge is 0.200 e.